The fourth-order valence-corrected chi connectivity index (χ4v) is 1.39. The maximum absolute atomic E-state index is 12.8. The molecule has 0 atom stereocenters. The number of nitrogens with zero attached hydrogens (tertiary/aromatic N) is 1. The fourth-order valence-electron chi connectivity index (χ4n) is 1.39. The number of carbonyl (C=O) groups is 2. The zero-order valence-electron chi connectivity index (χ0n) is 10.1. The summed E-state index contributed by atoms with van der Waals surface area (Å²) in [5.74, 6) is -0.969. The lowest BCUT2D eigenvalue weighted by molar-refractivity contribution is -0.122. The van der Waals surface area contributed by atoms with Crippen LogP contribution in [0.3, 0.4) is 0 Å². The predicted octanol–water partition coefficient (Wildman–Crippen LogP) is 1.48. The summed E-state index contributed by atoms with van der Waals surface area (Å²) in [6.07, 6.45) is 1.55. The second-order valence-corrected chi connectivity index (χ2v) is 3.67. The Labute approximate surface area is 105 Å². The van der Waals surface area contributed by atoms with Gasteiger partial charge in [0.15, 0.2) is 0 Å². The molecule has 1 N–H and O–H groups in total. The number of amides is 2. The number of hydrogen-bond donors (Lipinski definition) is 1. The van der Waals surface area contributed by atoms with Gasteiger partial charge in [0.05, 0.1) is 0 Å². The standard InChI is InChI=1S/C13H15FN2O2/c1-3-8-15-13(18)9-16(10(2)17)12-6-4-11(14)5-7-12/h3-7H,1,8-9H2,2H3,(H,15,18). The number of carbonyl (C=O) groups excluding carboxylic acids is 2. The van der Waals surface area contributed by atoms with Crippen molar-refractivity contribution in [3.05, 3.63) is 42.7 Å². The van der Waals surface area contributed by atoms with E-state index in [0.717, 1.165) is 0 Å². The third kappa shape index (κ3) is 4.01. The molecule has 0 saturated carbocycles. The molecule has 0 aliphatic carbocycles. The maximum Gasteiger partial charge on any atom is 0.240 e. The lowest BCUT2D eigenvalue weighted by Gasteiger charge is -2.20. The van der Waals surface area contributed by atoms with Crippen LogP contribution in [0.2, 0.25) is 0 Å². The van der Waals surface area contributed by atoms with E-state index in [4.69, 9.17) is 0 Å². The summed E-state index contributed by atoms with van der Waals surface area (Å²) < 4.78 is 12.8. The smallest absolute Gasteiger partial charge is 0.240 e. The van der Waals surface area contributed by atoms with Gasteiger partial charge >= 0.3 is 0 Å². The highest BCUT2D eigenvalue weighted by Gasteiger charge is 2.15. The Bertz CT molecular complexity index is 443. The van der Waals surface area contributed by atoms with Crippen molar-refractivity contribution in [3.63, 3.8) is 0 Å². The van der Waals surface area contributed by atoms with E-state index >= 15 is 0 Å². The zero-order chi connectivity index (χ0) is 13.5. The monoisotopic (exact) mass is 250 g/mol. The van der Waals surface area contributed by atoms with Crippen molar-refractivity contribution in [1.29, 1.82) is 0 Å². The van der Waals surface area contributed by atoms with Gasteiger partial charge in [0.1, 0.15) is 12.4 Å². The normalized spacial score (nSPS) is 9.67. The van der Waals surface area contributed by atoms with Gasteiger partial charge in [0, 0.05) is 19.2 Å². The highest BCUT2D eigenvalue weighted by Crippen LogP contribution is 2.14. The van der Waals surface area contributed by atoms with E-state index in [1.54, 1.807) is 6.08 Å². The van der Waals surface area contributed by atoms with Crippen molar-refractivity contribution in [2.45, 2.75) is 6.92 Å². The summed E-state index contributed by atoms with van der Waals surface area (Å²) >= 11 is 0. The lowest BCUT2D eigenvalue weighted by atomic mass is 10.2. The predicted molar refractivity (Wildman–Crippen MR) is 67.6 cm³/mol. The molecule has 0 bridgehead atoms. The molecule has 1 rings (SSSR count). The molecular formula is C13H15FN2O2. The second kappa shape index (κ2) is 6.54. The van der Waals surface area contributed by atoms with Crippen molar-refractivity contribution < 1.29 is 14.0 Å². The van der Waals surface area contributed by atoms with Crippen LogP contribution >= 0.6 is 0 Å². The first kappa shape index (κ1) is 13.9. The van der Waals surface area contributed by atoms with Crippen molar-refractivity contribution >= 4 is 17.5 Å². The number of nitrogens with one attached hydrogen (secondary N) is 1. The number of rotatable bonds is 5. The minimum absolute atomic E-state index is 0.102. The Morgan fingerprint density at radius 1 is 1.39 bits per heavy atom. The maximum atomic E-state index is 12.8. The first-order valence-corrected chi connectivity index (χ1v) is 5.46. The lowest BCUT2D eigenvalue weighted by Crippen LogP contribution is -2.39. The van der Waals surface area contributed by atoms with Gasteiger partial charge < -0.3 is 10.2 Å². The van der Waals surface area contributed by atoms with Crippen molar-refractivity contribution in [2.75, 3.05) is 18.0 Å². The van der Waals surface area contributed by atoms with E-state index in [1.807, 2.05) is 0 Å². The largest absolute Gasteiger partial charge is 0.351 e. The highest BCUT2D eigenvalue weighted by atomic mass is 19.1. The summed E-state index contributed by atoms with van der Waals surface area (Å²) in [6.45, 7) is 5.07. The fraction of sp³-hybridized carbons (Fsp3) is 0.231. The van der Waals surface area contributed by atoms with Crippen molar-refractivity contribution in [1.82, 2.24) is 5.32 Å². The van der Waals surface area contributed by atoms with Gasteiger partial charge in [0.2, 0.25) is 11.8 Å². The Kier molecular flexibility index (Phi) is 5.05. The van der Waals surface area contributed by atoms with Crippen LogP contribution in [0, 0.1) is 5.82 Å². The molecule has 0 aliphatic rings. The molecule has 0 spiro atoms. The van der Waals surface area contributed by atoms with Gasteiger partial charge in [-0.05, 0) is 24.3 Å². The molecule has 18 heavy (non-hydrogen) atoms. The first-order valence-electron chi connectivity index (χ1n) is 5.46. The molecule has 96 valence electrons. The van der Waals surface area contributed by atoms with Gasteiger partial charge in [-0.1, -0.05) is 6.08 Å². The molecule has 0 fully saturated rings. The van der Waals surface area contributed by atoms with Gasteiger partial charge in [-0.3, -0.25) is 9.59 Å². The quantitative estimate of drug-likeness (QED) is 0.805. The van der Waals surface area contributed by atoms with Crippen LogP contribution in [-0.2, 0) is 9.59 Å². The molecule has 1 aromatic carbocycles. The highest BCUT2D eigenvalue weighted by molar-refractivity contribution is 5.97. The topological polar surface area (TPSA) is 49.4 Å². The molecule has 0 radical (unpaired) electrons. The molecule has 0 saturated heterocycles. The second-order valence-electron chi connectivity index (χ2n) is 3.67. The number of hydrogen-bond acceptors (Lipinski definition) is 2. The molecule has 0 aliphatic heterocycles. The van der Waals surface area contributed by atoms with E-state index in [-0.39, 0.29) is 18.4 Å². The van der Waals surface area contributed by atoms with Crippen molar-refractivity contribution in [3.8, 4) is 0 Å². The average Bonchev–Trinajstić information content (AvgIpc) is 2.34. The summed E-state index contributed by atoms with van der Waals surface area (Å²) in [5.41, 5.74) is 0.484. The van der Waals surface area contributed by atoms with E-state index in [1.165, 1.54) is 36.1 Å². The summed E-state index contributed by atoms with van der Waals surface area (Å²) in [5, 5.41) is 2.57. The third-order valence-electron chi connectivity index (χ3n) is 2.26. The summed E-state index contributed by atoms with van der Waals surface area (Å²) in [4.78, 5) is 24.3. The number of benzene rings is 1. The van der Waals surface area contributed by atoms with Gasteiger partial charge in [-0.25, -0.2) is 4.39 Å². The van der Waals surface area contributed by atoms with E-state index in [0.29, 0.717) is 12.2 Å². The van der Waals surface area contributed by atoms with Crippen LogP contribution in [0.25, 0.3) is 0 Å². The van der Waals surface area contributed by atoms with Crippen LogP contribution < -0.4 is 10.2 Å². The van der Waals surface area contributed by atoms with Gasteiger partial charge in [0.25, 0.3) is 0 Å². The zero-order valence-corrected chi connectivity index (χ0v) is 10.1. The van der Waals surface area contributed by atoms with Crippen LogP contribution in [0.15, 0.2) is 36.9 Å². The van der Waals surface area contributed by atoms with Gasteiger partial charge in [-0.2, -0.15) is 0 Å². The van der Waals surface area contributed by atoms with E-state index in [9.17, 15) is 14.0 Å². The first-order chi connectivity index (χ1) is 8.54. The molecular weight excluding hydrogens is 235 g/mol. The molecule has 1 aromatic rings. The molecule has 0 heterocycles. The summed E-state index contributed by atoms with van der Waals surface area (Å²) in [7, 11) is 0. The molecule has 5 heteroatoms. The Balaban J connectivity index is 2.77. The molecule has 0 aromatic heterocycles. The molecule has 0 unspecified atom stereocenters. The van der Waals surface area contributed by atoms with Crippen LogP contribution in [0.1, 0.15) is 6.92 Å². The van der Waals surface area contributed by atoms with Crippen LogP contribution in [0.4, 0.5) is 10.1 Å². The van der Waals surface area contributed by atoms with Gasteiger partial charge in [-0.15, -0.1) is 6.58 Å². The molecule has 4 nitrogen and oxygen atoms in total. The molecule has 2 amide bonds. The number of halogens is 1. The average molecular weight is 250 g/mol. The Morgan fingerprint density at radius 2 is 2.00 bits per heavy atom. The van der Waals surface area contributed by atoms with E-state index < -0.39 is 5.82 Å². The Morgan fingerprint density at radius 3 is 2.50 bits per heavy atom. The van der Waals surface area contributed by atoms with Crippen LogP contribution in [0.5, 0.6) is 0 Å². The summed E-state index contributed by atoms with van der Waals surface area (Å²) in [6, 6.07) is 5.40. The van der Waals surface area contributed by atoms with Crippen molar-refractivity contribution in [2.24, 2.45) is 0 Å². The van der Waals surface area contributed by atoms with Crippen LogP contribution in [-0.4, -0.2) is 24.9 Å². The SMILES string of the molecule is C=CCNC(=O)CN(C(C)=O)c1ccc(F)cc1. The third-order valence-corrected chi connectivity index (χ3v) is 2.26. The minimum Gasteiger partial charge on any atom is -0.351 e. The number of anilines is 1. The minimum atomic E-state index is -0.390. The Hall–Kier alpha value is -2.17. The van der Waals surface area contributed by atoms with E-state index in [2.05, 4.69) is 11.9 Å².